The highest BCUT2D eigenvalue weighted by Gasteiger charge is 2.39. The molecule has 1 saturated carbocycles. The molecule has 1 aromatic rings. The molecule has 2 aliphatic heterocycles. The maximum Gasteiger partial charge on any atom is 0.303 e. The molecule has 2 N–H and O–H groups in total. The van der Waals surface area contributed by atoms with Crippen LogP contribution in [0, 0.1) is 5.92 Å². The van der Waals surface area contributed by atoms with Crippen molar-refractivity contribution in [2.45, 2.75) is 95.7 Å². The van der Waals surface area contributed by atoms with Gasteiger partial charge < -0.3 is 20.1 Å². The van der Waals surface area contributed by atoms with Gasteiger partial charge in [0.25, 0.3) is 0 Å². The predicted molar refractivity (Wildman–Crippen MR) is 137 cm³/mol. The Labute approximate surface area is 213 Å². The van der Waals surface area contributed by atoms with E-state index in [0.29, 0.717) is 38.2 Å². The molecule has 0 bridgehead atoms. The Balaban J connectivity index is 1.28. The van der Waals surface area contributed by atoms with Crippen molar-refractivity contribution in [3.8, 4) is 0 Å². The standard InChI is InChI=1S/C28H39N3O5/c32-25-15-14-24(31(25)18-22-12-5-4-11-21(22)13-16-26(33)34)28-30-23(19-36-28)27(35)29-17-7-6-10-20-8-2-1-3-9-20/h4-5,11-12,20,23-24H,1-3,6-10,13-19H2,(H,29,35)(H,33,34). The van der Waals surface area contributed by atoms with Crippen LogP contribution in [0.1, 0.15) is 81.8 Å². The number of amides is 2. The molecule has 1 saturated heterocycles. The van der Waals surface area contributed by atoms with Crippen LogP contribution in [0.15, 0.2) is 29.3 Å². The summed E-state index contributed by atoms with van der Waals surface area (Å²) in [5.74, 6) is 0.386. The Bertz CT molecular complexity index is 956. The number of aliphatic imine (C=N–C) groups is 1. The van der Waals surface area contributed by atoms with E-state index < -0.39 is 12.0 Å². The third-order valence-electron chi connectivity index (χ3n) is 7.72. The summed E-state index contributed by atoms with van der Waals surface area (Å²) >= 11 is 0. The highest BCUT2D eigenvalue weighted by Crippen LogP contribution is 2.28. The number of carboxylic acid groups (broad SMARTS) is 1. The summed E-state index contributed by atoms with van der Waals surface area (Å²) in [6, 6.07) is 6.76. The van der Waals surface area contributed by atoms with Crippen LogP contribution in [0.3, 0.4) is 0 Å². The number of aryl methyl sites for hydroxylation is 1. The zero-order chi connectivity index (χ0) is 25.3. The normalized spacial score (nSPS) is 22.4. The van der Waals surface area contributed by atoms with Gasteiger partial charge in [-0.15, -0.1) is 0 Å². The summed E-state index contributed by atoms with van der Waals surface area (Å²) in [6.07, 6.45) is 11.7. The van der Waals surface area contributed by atoms with Crippen molar-refractivity contribution in [1.82, 2.24) is 10.2 Å². The fourth-order valence-corrected chi connectivity index (χ4v) is 5.64. The molecule has 2 heterocycles. The number of unbranched alkanes of at least 4 members (excludes halogenated alkanes) is 1. The van der Waals surface area contributed by atoms with Gasteiger partial charge in [0.15, 0.2) is 6.04 Å². The second-order valence-electron chi connectivity index (χ2n) is 10.3. The summed E-state index contributed by atoms with van der Waals surface area (Å²) in [5, 5.41) is 12.1. The van der Waals surface area contributed by atoms with E-state index in [2.05, 4.69) is 10.3 Å². The summed E-state index contributed by atoms with van der Waals surface area (Å²) in [6.45, 7) is 1.24. The molecule has 2 amide bonds. The summed E-state index contributed by atoms with van der Waals surface area (Å²) in [7, 11) is 0. The van der Waals surface area contributed by atoms with Crippen LogP contribution in [0.2, 0.25) is 0 Å². The number of nitrogens with one attached hydrogen (secondary N) is 1. The van der Waals surface area contributed by atoms with Gasteiger partial charge >= 0.3 is 5.97 Å². The van der Waals surface area contributed by atoms with Gasteiger partial charge in [0.05, 0.1) is 0 Å². The van der Waals surface area contributed by atoms with Gasteiger partial charge in [-0.2, -0.15) is 0 Å². The van der Waals surface area contributed by atoms with E-state index in [1.807, 2.05) is 24.3 Å². The van der Waals surface area contributed by atoms with Crippen molar-refractivity contribution < 1.29 is 24.2 Å². The lowest BCUT2D eigenvalue weighted by molar-refractivity contribution is -0.137. The number of nitrogens with zero attached hydrogens (tertiary/aromatic N) is 2. The molecular weight excluding hydrogens is 458 g/mol. The lowest BCUT2D eigenvalue weighted by atomic mass is 9.86. The first-order valence-corrected chi connectivity index (χ1v) is 13.6. The minimum atomic E-state index is -0.845. The van der Waals surface area contributed by atoms with Crippen molar-refractivity contribution in [2.75, 3.05) is 13.2 Å². The Morgan fingerprint density at radius 2 is 1.86 bits per heavy atom. The Morgan fingerprint density at radius 3 is 2.64 bits per heavy atom. The summed E-state index contributed by atoms with van der Waals surface area (Å²) in [4.78, 5) is 42.7. The highest BCUT2D eigenvalue weighted by molar-refractivity contribution is 5.94. The Hall–Kier alpha value is -2.90. The third-order valence-corrected chi connectivity index (χ3v) is 7.72. The zero-order valence-corrected chi connectivity index (χ0v) is 21.1. The van der Waals surface area contributed by atoms with Crippen molar-refractivity contribution in [3.05, 3.63) is 35.4 Å². The first-order chi connectivity index (χ1) is 17.5. The first-order valence-electron chi connectivity index (χ1n) is 13.6. The van der Waals surface area contributed by atoms with Crippen LogP contribution in [0.4, 0.5) is 0 Å². The average Bonchev–Trinajstić information content (AvgIpc) is 3.51. The van der Waals surface area contributed by atoms with Crippen molar-refractivity contribution in [1.29, 1.82) is 0 Å². The minimum Gasteiger partial charge on any atom is -0.481 e. The SMILES string of the molecule is O=C(O)CCc1ccccc1CN1C(=O)CCC1C1=NC(C(=O)NCCCCC2CCCCC2)CO1. The predicted octanol–water partition coefficient (Wildman–Crippen LogP) is 3.86. The molecule has 0 aromatic heterocycles. The van der Waals surface area contributed by atoms with Crippen LogP contribution in [-0.2, 0) is 32.1 Å². The fraction of sp³-hybridized carbons (Fsp3) is 0.643. The van der Waals surface area contributed by atoms with Gasteiger partial charge in [0, 0.05) is 25.9 Å². The molecule has 1 aliphatic carbocycles. The number of rotatable bonds is 12. The largest absolute Gasteiger partial charge is 0.481 e. The van der Waals surface area contributed by atoms with Gasteiger partial charge in [-0.3, -0.25) is 14.4 Å². The molecule has 2 fully saturated rings. The molecular formula is C28H39N3O5. The number of ether oxygens (including phenoxy) is 1. The maximum atomic E-state index is 12.7. The average molecular weight is 498 g/mol. The number of hydrogen-bond acceptors (Lipinski definition) is 5. The van der Waals surface area contributed by atoms with E-state index in [9.17, 15) is 14.4 Å². The zero-order valence-electron chi connectivity index (χ0n) is 21.1. The van der Waals surface area contributed by atoms with Gasteiger partial charge in [-0.05, 0) is 36.3 Å². The molecule has 2 unspecified atom stereocenters. The van der Waals surface area contributed by atoms with Gasteiger partial charge in [-0.1, -0.05) is 69.2 Å². The molecule has 8 heteroatoms. The second kappa shape index (κ2) is 12.9. The fourth-order valence-electron chi connectivity index (χ4n) is 5.64. The van der Waals surface area contributed by atoms with E-state index in [4.69, 9.17) is 9.84 Å². The van der Waals surface area contributed by atoms with E-state index in [1.54, 1.807) is 4.90 Å². The molecule has 2 atom stereocenters. The molecule has 36 heavy (non-hydrogen) atoms. The van der Waals surface area contributed by atoms with E-state index in [-0.39, 0.29) is 30.9 Å². The van der Waals surface area contributed by atoms with Gasteiger partial charge in [-0.25, -0.2) is 4.99 Å². The molecule has 4 rings (SSSR count). The topological polar surface area (TPSA) is 108 Å². The second-order valence-corrected chi connectivity index (χ2v) is 10.3. The number of carboxylic acids is 1. The van der Waals surface area contributed by atoms with Gasteiger partial charge in [0.2, 0.25) is 17.7 Å². The molecule has 1 aromatic carbocycles. The van der Waals surface area contributed by atoms with Crippen LogP contribution >= 0.6 is 0 Å². The quantitative estimate of drug-likeness (QED) is 0.426. The molecule has 0 spiro atoms. The molecule has 3 aliphatic rings. The maximum absolute atomic E-state index is 12.7. The highest BCUT2D eigenvalue weighted by atomic mass is 16.5. The van der Waals surface area contributed by atoms with E-state index in [1.165, 1.54) is 38.5 Å². The molecule has 196 valence electrons. The molecule has 8 nitrogen and oxygen atoms in total. The molecule has 0 radical (unpaired) electrons. The van der Waals surface area contributed by atoms with Crippen LogP contribution < -0.4 is 5.32 Å². The Morgan fingerprint density at radius 1 is 1.08 bits per heavy atom. The smallest absolute Gasteiger partial charge is 0.303 e. The van der Waals surface area contributed by atoms with E-state index >= 15 is 0 Å². The lowest BCUT2D eigenvalue weighted by Gasteiger charge is -2.25. The third kappa shape index (κ3) is 7.08. The number of aliphatic carboxylic acids is 1. The van der Waals surface area contributed by atoms with Crippen LogP contribution in [-0.4, -0.2) is 58.9 Å². The minimum absolute atomic E-state index is 0.0187. The number of carbonyl (C=O) groups excluding carboxylic acids is 2. The van der Waals surface area contributed by atoms with Crippen molar-refractivity contribution in [2.24, 2.45) is 10.9 Å². The number of likely N-dealkylation sites (tertiary alicyclic amines) is 1. The summed E-state index contributed by atoms with van der Waals surface area (Å²) in [5.41, 5.74) is 1.86. The monoisotopic (exact) mass is 497 g/mol. The number of carbonyl (C=O) groups is 3. The van der Waals surface area contributed by atoms with Crippen molar-refractivity contribution >= 4 is 23.7 Å². The lowest BCUT2D eigenvalue weighted by Crippen LogP contribution is -2.38. The summed E-state index contributed by atoms with van der Waals surface area (Å²) < 4.78 is 5.82. The van der Waals surface area contributed by atoms with Crippen LogP contribution in [0.5, 0.6) is 0 Å². The van der Waals surface area contributed by atoms with Gasteiger partial charge in [0.1, 0.15) is 12.6 Å². The Kier molecular flexibility index (Phi) is 9.36. The van der Waals surface area contributed by atoms with Crippen LogP contribution in [0.25, 0.3) is 0 Å². The number of benzene rings is 1. The van der Waals surface area contributed by atoms with Crippen molar-refractivity contribution in [3.63, 3.8) is 0 Å². The first kappa shape index (κ1) is 26.2. The number of hydrogen-bond donors (Lipinski definition) is 2. The van der Waals surface area contributed by atoms with E-state index in [0.717, 1.165) is 29.9 Å².